The van der Waals surface area contributed by atoms with Crippen LogP contribution in [0.25, 0.3) is 0 Å². The molecule has 3 rings (SSSR count). The van der Waals surface area contributed by atoms with E-state index in [-0.39, 0.29) is 5.41 Å². The van der Waals surface area contributed by atoms with Crippen LogP contribution in [-0.4, -0.2) is 24.7 Å². The zero-order valence-electron chi connectivity index (χ0n) is 9.45. The van der Waals surface area contributed by atoms with Gasteiger partial charge in [-0.2, -0.15) is 0 Å². The molecule has 2 N–H and O–H groups in total. The van der Waals surface area contributed by atoms with Gasteiger partial charge in [-0.3, -0.25) is 0 Å². The molecule has 1 aliphatic heterocycles. The van der Waals surface area contributed by atoms with Crippen molar-refractivity contribution in [1.29, 1.82) is 0 Å². The highest BCUT2D eigenvalue weighted by Gasteiger charge is 2.47. The molecule has 1 saturated carbocycles. The van der Waals surface area contributed by atoms with Gasteiger partial charge in [-0.25, -0.2) is 4.98 Å². The predicted octanol–water partition coefficient (Wildman–Crippen LogP) is 1.56. The Morgan fingerprint density at radius 1 is 1.38 bits per heavy atom. The molecule has 2 heterocycles. The summed E-state index contributed by atoms with van der Waals surface area (Å²) in [5.74, 6) is 1.37. The van der Waals surface area contributed by atoms with Gasteiger partial charge in [0.25, 0.3) is 0 Å². The molecule has 2 fully saturated rings. The summed E-state index contributed by atoms with van der Waals surface area (Å²) >= 11 is 0. The first kappa shape index (κ1) is 10.3. The Kier molecular flexibility index (Phi) is 2.48. The molecule has 1 saturated heterocycles. The second-order valence-electron chi connectivity index (χ2n) is 4.95. The van der Waals surface area contributed by atoms with E-state index in [2.05, 4.69) is 4.98 Å². The number of hydrogen-bond donors (Lipinski definition) is 1. The Bertz CT molecular complexity index is 365. The molecule has 4 nitrogen and oxygen atoms in total. The first-order chi connectivity index (χ1) is 7.84. The Hall–Kier alpha value is -0.870. The lowest BCUT2D eigenvalue weighted by atomic mass is 9.97. The summed E-state index contributed by atoms with van der Waals surface area (Å²) in [4.78, 5) is 4.64. The monoisotopic (exact) mass is 222 g/mol. The fourth-order valence-corrected chi connectivity index (χ4v) is 2.37. The highest BCUT2D eigenvalue weighted by Crippen LogP contribution is 2.47. The zero-order valence-corrected chi connectivity index (χ0v) is 9.45. The van der Waals surface area contributed by atoms with Gasteiger partial charge in [-0.15, -0.1) is 0 Å². The van der Waals surface area contributed by atoms with Crippen LogP contribution < -0.4 is 5.73 Å². The van der Waals surface area contributed by atoms with Gasteiger partial charge in [-0.1, -0.05) is 0 Å². The van der Waals surface area contributed by atoms with Crippen molar-refractivity contribution in [1.82, 2.24) is 4.98 Å². The maximum atomic E-state index is 5.77. The molecule has 0 spiro atoms. The van der Waals surface area contributed by atoms with Crippen LogP contribution in [0.5, 0.6) is 0 Å². The van der Waals surface area contributed by atoms with E-state index in [1.807, 2.05) is 6.26 Å². The highest BCUT2D eigenvalue weighted by atomic mass is 16.5. The fourth-order valence-electron chi connectivity index (χ4n) is 2.37. The summed E-state index contributed by atoms with van der Waals surface area (Å²) in [5, 5.41) is 0. The lowest BCUT2D eigenvalue weighted by molar-refractivity contribution is 0.0845. The van der Waals surface area contributed by atoms with E-state index >= 15 is 0 Å². The normalized spacial score (nSPS) is 24.6. The zero-order chi connectivity index (χ0) is 11.0. The Labute approximate surface area is 95.2 Å². The molecule has 0 bridgehead atoms. The van der Waals surface area contributed by atoms with E-state index < -0.39 is 0 Å². The largest absolute Gasteiger partial charge is 0.448 e. The maximum absolute atomic E-state index is 5.77. The molecular weight excluding hydrogens is 204 g/mol. The van der Waals surface area contributed by atoms with Crippen LogP contribution in [0.15, 0.2) is 10.7 Å². The molecule has 16 heavy (non-hydrogen) atoms. The number of oxazole rings is 1. The van der Waals surface area contributed by atoms with Crippen molar-refractivity contribution in [2.24, 2.45) is 5.73 Å². The van der Waals surface area contributed by atoms with Crippen LogP contribution in [0.4, 0.5) is 0 Å². The van der Waals surface area contributed by atoms with Gasteiger partial charge in [0.15, 0.2) is 0 Å². The summed E-state index contributed by atoms with van der Waals surface area (Å²) in [5.41, 5.74) is 6.94. The van der Waals surface area contributed by atoms with E-state index in [9.17, 15) is 0 Å². The van der Waals surface area contributed by atoms with E-state index in [4.69, 9.17) is 14.9 Å². The predicted molar refractivity (Wildman–Crippen MR) is 59.3 cm³/mol. The summed E-state index contributed by atoms with van der Waals surface area (Å²) in [6.45, 7) is 2.34. The number of nitrogens with two attached hydrogens (primary N) is 1. The van der Waals surface area contributed by atoms with Crippen molar-refractivity contribution >= 4 is 0 Å². The van der Waals surface area contributed by atoms with E-state index in [0.29, 0.717) is 12.5 Å². The third kappa shape index (κ3) is 1.66. The van der Waals surface area contributed by atoms with Crippen molar-refractivity contribution < 1.29 is 9.15 Å². The molecule has 4 heteroatoms. The topological polar surface area (TPSA) is 61.3 Å². The van der Waals surface area contributed by atoms with Crippen LogP contribution in [0.1, 0.15) is 43.2 Å². The van der Waals surface area contributed by atoms with Gasteiger partial charge in [0.1, 0.15) is 6.26 Å². The van der Waals surface area contributed by atoms with Crippen molar-refractivity contribution in [2.45, 2.75) is 37.0 Å². The van der Waals surface area contributed by atoms with Crippen LogP contribution in [0.2, 0.25) is 0 Å². The smallest absolute Gasteiger partial charge is 0.201 e. The summed E-state index contributed by atoms with van der Waals surface area (Å²) in [7, 11) is 0. The van der Waals surface area contributed by atoms with Crippen molar-refractivity contribution in [3.63, 3.8) is 0 Å². The highest BCUT2D eigenvalue weighted by molar-refractivity contribution is 5.19. The molecule has 0 amide bonds. The minimum absolute atomic E-state index is 0.0728. The lowest BCUT2D eigenvalue weighted by Crippen LogP contribution is -2.20. The number of ether oxygens (including phenoxy) is 1. The van der Waals surface area contributed by atoms with Crippen molar-refractivity contribution in [3.8, 4) is 0 Å². The number of hydrogen-bond acceptors (Lipinski definition) is 4. The third-order valence-corrected chi connectivity index (χ3v) is 3.86. The van der Waals surface area contributed by atoms with Crippen LogP contribution >= 0.6 is 0 Å². The molecule has 0 atom stereocenters. The summed E-state index contributed by atoms with van der Waals surface area (Å²) in [6, 6.07) is 0. The molecular formula is C12H18N2O2. The number of rotatable bonds is 3. The molecule has 1 aromatic rings. The molecule has 0 radical (unpaired) electrons. The molecule has 88 valence electrons. The van der Waals surface area contributed by atoms with Crippen LogP contribution in [0.3, 0.4) is 0 Å². The Balaban J connectivity index is 1.77. The Morgan fingerprint density at radius 3 is 2.75 bits per heavy atom. The first-order valence-electron chi connectivity index (χ1n) is 6.08. The Morgan fingerprint density at radius 2 is 2.12 bits per heavy atom. The van der Waals surface area contributed by atoms with E-state index in [0.717, 1.165) is 50.5 Å². The number of nitrogens with zero attached hydrogens (tertiary/aromatic N) is 1. The molecule has 2 aliphatic rings. The molecule has 0 unspecified atom stereocenters. The minimum atomic E-state index is 0.0728. The maximum Gasteiger partial charge on any atom is 0.201 e. The van der Waals surface area contributed by atoms with Gasteiger partial charge in [0.05, 0.1) is 11.1 Å². The SMILES string of the molecule is NCC1(c2nc(C3CCOCC3)co2)CC1. The summed E-state index contributed by atoms with van der Waals surface area (Å²) < 4.78 is 11.0. The second-order valence-corrected chi connectivity index (χ2v) is 4.95. The standard InChI is InChI=1S/C12H18N2O2/c13-8-12(3-4-12)11-14-10(7-16-11)9-1-5-15-6-2-9/h7,9H,1-6,8,13H2. The average molecular weight is 222 g/mol. The average Bonchev–Trinajstić information content (AvgIpc) is 3.00. The van der Waals surface area contributed by atoms with Gasteiger partial charge in [-0.05, 0) is 25.7 Å². The van der Waals surface area contributed by atoms with Gasteiger partial charge in [0, 0.05) is 25.7 Å². The van der Waals surface area contributed by atoms with Crippen molar-refractivity contribution in [2.75, 3.05) is 19.8 Å². The fraction of sp³-hybridized carbons (Fsp3) is 0.750. The van der Waals surface area contributed by atoms with Gasteiger partial charge < -0.3 is 14.9 Å². The minimum Gasteiger partial charge on any atom is -0.448 e. The molecule has 1 aliphatic carbocycles. The first-order valence-corrected chi connectivity index (χ1v) is 6.08. The third-order valence-electron chi connectivity index (χ3n) is 3.86. The van der Waals surface area contributed by atoms with Gasteiger partial charge >= 0.3 is 0 Å². The molecule has 0 aromatic carbocycles. The summed E-state index contributed by atoms with van der Waals surface area (Å²) in [6.07, 6.45) is 6.18. The van der Waals surface area contributed by atoms with Crippen molar-refractivity contribution in [3.05, 3.63) is 17.8 Å². The quantitative estimate of drug-likeness (QED) is 0.843. The second kappa shape index (κ2) is 3.86. The lowest BCUT2D eigenvalue weighted by Gasteiger charge is -2.19. The van der Waals surface area contributed by atoms with Crippen LogP contribution in [0, 0.1) is 0 Å². The van der Waals surface area contributed by atoms with E-state index in [1.165, 1.54) is 0 Å². The van der Waals surface area contributed by atoms with E-state index in [1.54, 1.807) is 0 Å². The number of aromatic nitrogens is 1. The van der Waals surface area contributed by atoms with Crippen LogP contribution in [-0.2, 0) is 10.2 Å². The van der Waals surface area contributed by atoms with Gasteiger partial charge in [0.2, 0.25) is 5.89 Å². The molecule has 1 aromatic heterocycles.